The molecule has 2 rings (SSSR count). The summed E-state index contributed by atoms with van der Waals surface area (Å²) in [7, 11) is 0. The highest BCUT2D eigenvalue weighted by atomic mass is 32.1. The summed E-state index contributed by atoms with van der Waals surface area (Å²) >= 11 is 1.51. The topological polar surface area (TPSA) is 94.0 Å². The van der Waals surface area contributed by atoms with Crippen molar-refractivity contribution in [2.75, 3.05) is 5.73 Å². The van der Waals surface area contributed by atoms with Crippen molar-refractivity contribution in [1.29, 1.82) is 0 Å². The molecular weight excluding hydrogens is 228 g/mol. The molecule has 0 amide bonds. The molecule has 0 radical (unpaired) electrons. The predicted molar refractivity (Wildman–Crippen MR) is 59.6 cm³/mol. The lowest BCUT2D eigenvalue weighted by molar-refractivity contribution is 0.0690. The highest BCUT2D eigenvalue weighted by Gasteiger charge is 2.13. The Hall–Kier alpha value is -1.89. The summed E-state index contributed by atoms with van der Waals surface area (Å²) < 4.78 is 1.48. The van der Waals surface area contributed by atoms with Gasteiger partial charge in [0, 0.05) is 17.3 Å². The van der Waals surface area contributed by atoms with Gasteiger partial charge in [-0.2, -0.15) is 5.10 Å². The number of aromatic nitrogens is 3. The molecule has 7 heteroatoms. The van der Waals surface area contributed by atoms with E-state index in [2.05, 4.69) is 10.1 Å². The van der Waals surface area contributed by atoms with Crippen molar-refractivity contribution < 1.29 is 9.90 Å². The second kappa shape index (κ2) is 3.93. The zero-order chi connectivity index (χ0) is 11.7. The molecule has 0 fully saturated rings. The van der Waals surface area contributed by atoms with Crippen LogP contribution in [-0.2, 0) is 6.54 Å². The van der Waals surface area contributed by atoms with Crippen LogP contribution in [0.2, 0.25) is 0 Å². The van der Waals surface area contributed by atoms with E-state index in [1.807, 2.05) is 12.3 Å². The molecule has 0 aliphatic carbocycles. The number of nitrogens with zero attached hydrogens (tertiary/aromatic N) is 3. The Kier molecular flexibility index (Phi) is 2.61. The number of rotatable bonds is 3. The third-order valence-electron chi connectivity index (χ3n) is 1.96. The first kappa shape index (κ1) is 10.6. The van der Waals surface area contributed by atoms with Crippen molar-refractivity contribution in [2.45, 2.75) is 13.5 Å². The number of nitrogens with two attached hydrogens (primary N) is 1. The molecule has 0 spiro atoms. The molecular formula is C9H10N4O2S. The Morgan fingerprint density at radius 3 is 2.94 bits per heavy atom. The van der Waals surface area contributed by atoms with Gasteiger partial charge in [0.15, 0.2) is 5.69 Å². The van der Waals surface area contributed by atoms with Crippen molar-refractivity contribution in [1.82, 2.24) is 14.8 Å². The highest BCUT2D eigenvalue weighted by molar-refractivity contribution is 7.09. The number of thiazole rings is 1. The van der Waals surface area contributed by atoms with Crippen LogP contribution < -0.4 is 5.73 Å². The van der Waals surface area contributed by atoms with Crippen LogP contribution >= 0.6 is 11.3 Å². The van der Waals surface area contributed by atoms with Crippen LogP contribution in [0.5, 0.6) is 0 Å². The largest absolute Gasteiger partial charge is 0.476 e. The third-order valence-corrected chi connectivity index (χ3v) is 2.91. The standard InChI is InChI=1S/C9H10N4O2S/c1-5-4-16-7(11-5)3-13-2-6(10)8(12-13)9(14)15/h2,4H,3,10H2,1H3,(H,14,15). The fourth-order valence-electron chi connectivity index (χ4n) is 1.30. The maximum absolute atomic E-state index is 10.7. The normalized spacial score (nSPS) is 10.6. The molecule has 2 heterocycles. The van der Waals surface area contributed by atoms with Crippen LogP contribution in [0.1, 0.15) is 21.2 Å². The van der Waals surface area contributed by atoms with E-state index >= 15 is 0 Å². The molecule has 3 N–H and O–H groups in total. The van der Waals surface area contributed by atoms with Gasteiger partial charge < -0.3 is 10.8 Å². The average molecular weight is 238 g/mol. The van der Waals surface area contributed by atoms with E-state index in [1.165, 1.54) is 22.2 Å². The number of nitrogen functional groups attached to an aromatic ring is 1. The molecule has 0 bridgehead atoms. The number of aryl methyl sites for hydroxylation is 1. The molecule has 0 aliphatic rings. The lowest BCUT2D eigenvalue weighted by Gasteiger charge is -1.95. The van der Waals surface area contributed by atoms with Gasteiger partial charge in [0.1, 0.15) is 5.01 Å². The zero-order valence-electron chi connectivity index (χ0n) is 8.54. The van der Waals surface area contributed by atoms with Gasteiger partial charge in [-0.05, 0) is 6.92 Å². The molecule has 16 heavy (non-hydrogen) atoms. The summed E-state index contributed by atoms with van der Waals surface area (Å²) in [5, 5.41) is 15.5. The van der Waals surface area contributed by atoms with Gasteiger partial charge in [0.2, 0.25) is 0 Å². The van der Waals surface area contributed by atoms with Crippen LogP contribution in [0.15, 0.2) is 11.6 Å². The minimum absolute atomic E-state index is 0.117. The van der Waals surface area contributed by atoms with Crippen LogP contribution in [0.4, 0.5) is 5.69 Å². The van der Waals surface area contributed by atoms with E-state index in [0.29, 0.717) is 6.54 Å². The Labute approximate surface area is 95.3 Å². The van der Waals surface area contributed by atoms with Gasteiger partial charge in [-0.15, -0.1) is 11.3 Å². The Morgan fingerprint density at radius 1 is 1.69 bits per heavy atom. The molecule has 0 aliphatic heterocycles. The maximum atomic E-state index is 10.7. The number of carboxylic acid groups (broad SMARTS) is 1. The van der Waals surface area contributed by atoms with Crippen molar-refractivity contribution in [3.8, 4) is 0 Å². The Balaban J connectivity index is 2.22. The predicted octanol–water partition coefficient (Wildman–Crippen LogP) is 0.977. The molecule has 0 atom stereocenters. The van der Waals surface area contributed by atoms with E-state index in [-0.39, 0.29) is 11.4 Å². The fourth-order valence-corrected chi connectivity index (χ4v) is 2.06. The summed E-state index contributed by atoms with van der Waals surface area (Å²) in [6.45, 7) is 2.34. The second-order valence-electron chi connectivity index (χ2n) is 3.32. The number of carboxylic acids is 1. The molecule has 0 aromatic carbocycles. The van der Waals surface area contributed by atoms with Crippen molar-refractivity contribution in [3.05, 3.63) is 28.0 Å². The first-order chi connectivity index (χ1) is 7.56. The van der Waals surface area contributed by atoms with E-state index in [1.54, 1.807) is 0 Å². The van der Waals surface area contributed by atoms with E-state index in [9.17, 15) is 4.79 Å². The van der Waals surface area contributed by atoms with Crippen molar-refractivity contribution >= 4 is 23.0 Å². The van der Waals surface area contributed by atoms with Crippen molar-refractivity contribution in [2.24, 2.45) is 0 Å². The van der Waals surface area contributed by atoms with E-state index in [4.69, 9.17) is 10.8 Å². The minimum atomic E-state index is -1.12. The number of hydrogen-bond donors (Lipinski definition) is 2. The second-order valence-corrected chi connectivity index (χ2v) is 4.26. The van der Waals surface area contributed by atoms with Crippen LogP contribution in [0, 0.1) is 6.92 Å². The number of anilines is 1. The van der Waals surface area contributed by atoms with Crippen LogP contribution in [0.3, 0.4) is 0 Å². The summed E-state index contributed by atoms with van der Waals surface area (Å²) in [5.41, 5.74) is 6.51. The first-order valence-electron chi connectivity index (χ1n) is 4.53. The van der Waals surface area contributed by atoms with Crippen LogP contribution in [-0.4, -0.2) is 25.8 Å². The summed E-state index contributed by atoms with van der Waals surface area (Å²) in [5.74, 6) is -1.12. The average Bonchev–Trinajstić information content (AvgIpc) is 2.73. The molecule has 0 unspecified atom stereocenters. The third kappa shape index (κ3) is 2.03. The SMILES string of the molecule is Cc1csc(Cn2cc(N)c(C(=O)O)n2)n1. The number of carbonyl (C=O) groups is 1. The molecule has 0 saturated carbocycles. The number of aromatic carboxylic acids is 1. The molecule has 0 saturated heterocycles. The van der Waals surface area contributed by atoms with Gasteiger partial charge >= 0.3 is 5.97 Å². The van der Waals surface area contributed by atoms with Gasteiger partial charge in [0.05, 0.1) is 12.2 Å². The monoisotopic (exact) mass is 238 g/mol. The summed E-state index contributed by atoms with van der Waals surface area (Å²) in [4.78, 5) is 15.0. The highest BCUT2D eigenvalue weighted by Crippen LogP contribution is 2.13. The van der Waals surface area contributed by atoms with Gasteiger partial charge in [-0.3, -0.25) is 4.68 Å². The zero-order valence-corrected chi connectivity index (χ0v) is 9.36. The quantitative estimate of drug-likeness (QED) is 0.831. The maximum Gasteiger partial charge on any atom is 0.358 e. The molecule has 84 valence electrons. The van der Waals surface area contributed by atoms with E-state index < -0.39 is 5.97 Å². The van der Waals surface area contributed by atoms with Gasteiger partial charge in [-0.25, -0.2) is 9.78 Å². The molecule has 2 aromatic heterocycles. The van der Waals surface area contributed by atoms with E-state index in [0.717, 1.165) is 10.7 Å². The summed E-state index contributed by atoms with van der Waals surface area (Å²) in [6, 6.07) is 0. The lowest BCUT2D eigenvalue weighted by atomic mass is 10.4. The lowest BCUT2D eigenvalue weighted by Crippen LogP contribution is -2.04. The fraction of sp³-hybridized carbons (Fsp3) is 0.222. The van der Waals surface area contributed by atoms with Crippen molar-refractivity contribution in [3.63, 3.8) is 0 Å². The number of hydrogen-bond acceptors (Lipinski definition) is 5. The first-order valence-corrected chi connectivity index (χ1v) is 5.41. The molecule has 2 aromatic rings. The van der Waals surface area contributed by atoms with Gasteiger partial charge in [-0.1, -0.05) is 0 Å². The smallest absolute Gasteiger partial charge is 0.358 e. The molecule has 6 nitrogen and oxygen atoms in total. The van der Waals surface area contributed by atoms with Crippen LogP contribution in [0.25, 0.3) is 0 Å². The Morgan fingerprint density at radius 2 is 2.44 bits per heavy atom. The summed E-state index contributed by atoms with van der Waals surface area (Å²) in [6.07, 6.45) is 1.50. The minimum Gasteiger partial charge on any atom is -0.476 e. The van der Waals surface area contributed by atoms with Gasteiger partial charge in [0.25, 0.3) is 0 Å². The Bertz CT molecular complexity index is 531.